The van der Waals surface area contributed by atoms with Crippen LogP contribution in [-0.2, 0) is 14.3 Å². The van der Waals surface area contributed by atoms with Crippen LogP contribution in [0.4, 0.5) is 26.3 Å². The van der Waals surface area contributed by atoms with Crippen LogP contribution in [0.15, 0.2) is 11.5 Å². The van der Waals surface area contributed by atoms with Gasteiger partial charge >= 0.3 is 18.3 Å². The molecule has 0 aromatic carbocycles. The lowest BCUT2D eigenvalue weighted by Gasteiger charge is -2.28. The molecule has 23 heavy (non-hydrogen) atoms. The average Bonchev–Trinajstić information content (AvgIpc) is 2.79. The molecule has 1 aliphatic heterocycles. The molecule has 4 nitrogen and oxygen atoms in total. The number of carbonyl (C=O) groups is 2. The topological polar surface area (TPSA) is 46.6 Å². The number of hydrogen-bond donors (Lipinski definition) is 0. The number of halogens is 6. The summed E-state index contributed by atoms with van der Waals surface area (Å²) in [7, 11) is 0. The van der Waals surface area contributed by atoms with E-state index in [0.29, 0.717) is 0 Å². The number of likely N-dealkylation sites (tertiary alicyclic amines) is 1. The van der Waals surface area contributed by atoms with E-state index in [1.165, 1.54) is 20.8 Å². The Balaban J connectivity index is 3.30. The van der Waals surface area contributed by atoms with Crippen LogP contribution >= 0.6 is 0 Å². The molecule has 0 N–H and O–H groups in total. The van der Waals surface area contributed by atoms with Gasteiger partial charge in [-0.3, -0.25) is 4.79 Å². The summed E-state index contributed by atoms with van der Waals surface area (Å²) in [5, 5.41) is 0. The first-order valence-electron chi connectivity index (χ1n) is 6.57. The molecule has 0 aromatic heterocycles. The van der Waals surface area contributed by atoms with Crippen molar-refractivity contribution >= 4 is 11.9 Å². The summed E-state index contributed by atoms with van der Waals surface area (Å²) in [5.41, 5.74) is -1.80. The van der Waals surface area contributed by atoms with E-state index in [1.54, 1.807) is 0 Å². The summed E-state index contributed by atoms with van der Waals surface area (Å²) in [6, 6.07) is 0. The Labute approximate surface area is 128 Å². The van der Waals surface area contributed by atoms with Gasteiger partial charge in [-0.2, -0.15) is 26.3 Å². The van der Waals surface area contributed by atoms with E-state index in [9.17, 15) is 35.9 Å². The molecule has 1 heterocycles. The number of rotatable bonds is 1. The predicted molar refractivity (Wildman–Crippen MR) is 65.6 cm³/mol. The molecule has 0 spiro atoms. The minimum absolute atomic E-state index is 0.0887. The van der Waals surface area contributed by atoms with E-state index in [2.05, 4.69) is 4.74 Å². The van der Waals surface area contributed by atoms with E-state index in [4.69, 9.17) is 0 Å². The second kappa shape index (κ2) is 6.04. The Kier molecular flexibility index (Phi) is 5.07. The van der Waals surface area contributed by atoms with Gasteiger partial charge in [0.2, 0.25) is 11.7 Å². The van der Waals surface area contributed by atoms with Gasteiger partial charge in [0.05, 0.1) is 5.70 Å². The third-order valence-corrected chi connectivity index (χ3v) is 2.95. The van der Waals surface area contributed by atoms with Gasteiger partial charge < -0.3 is 9.64 Å². The van der Waals surface area contributed by atoms with Crippen LogP contribution in [0.1, 0.15) is 33.6 Å². The lowest BCUT2D eigenvalue weighted by molar-refractivity contribution is -0.206. The standard InChI is InChI=1S/C13H15F6NO3/c1-11(2,3)9(21)20-6-4-5-7(20)8(12(14,15)16)23-10(22)13(17,18)19/h4-6H2,1-3H3/b8-7+. The van der Waals surface area contributed by atoms with Gasteiger partial charge in [-0.25, -0.2) is 4.79 Å². The van der Waals surface area contributed by atoms with Gasteiger partial charge in [-0.1, -0.05) is 20.8 Å². The molecule has 1 saturated heterocycles. The van der Waals surface area contributed by atoms with Crippen LogP contribution in [0.5, 0.6) is 0 Å². The molecule has 1 amide bonds. The van der Waals surface area contributed by atoms with Gasteiger partial charge in [0.15, 0.2) is 0 Å². The lowest BCUT2D eigenvalue weighted by Crippen LogP contribution is -2.39. The van der Waals surface area contributed by atoms with E-state index in [-0.39, 0.29) is 19.4 Å². The number of ether oxygens (including phenoxy) is 1. The highest BCUT2D eigenvalue weighted by Crippen LogP contribution is 2.38. The predicted octanol–water partition coefficient (Wildman–Crippen LogP) is 3.53. The number of carbonyl (C=O) groups excluding carboxylic acids is 2. The first kappa shape index (κ1) is 19.3. The second-order valence-corrected chi connectivity index (χ2v) is 5.97. The molecule has 0 aromatic rings. The number of hydrogen-bond acceptors (Lipinski definition) is 3. The van der Waals surface area contributed by atoms with Crippen molar-refractivity contribution in [2.45, 2.75) is 46.0 Å². The van der Waals surface area contributed by atoms with Crippen LogP contribution in [0, 0.1) is 5.41 Å². The Hall–Kier alpha value is -1.74. The van der Waals surface area contributed by atoms with Crippen molar-refractivity contribution in [3.8, 4) is 0 Å². The highest BCUT2D eigenvalue weighted by molar-refractivity contribution is 5.84. The van der Waals surface area contributed by atoms with Gasteiger partial charge in [0, 0.05) is 12.0 Å². The number of alkyl halides is 6. The number of esters is 1. The molecule has 0 aliphatic carbocycles. The van der Waals surface area contributed by atoms with Crippen molar-refractivity contribution in [1.29, 1.82) is 0 Å². The average molecular weight is 347 g/mol. The summed E-state index contributed by atoms with van der Waals surface area (Å²) in [4.78, 5) is 23.6. The fraction of sp³-hybridized carbons (Fsp3) is 0.692. The van der Waals surface area contributed by atoms with Crippen molar-refractivity contribution in [2.75, 3.05) is 6.54 Å². The quantitative estimate of drug-likeness (QED) is 0.414. The molecule has 1 fully saturated rings. The maximum Gasteiger partial charge on any atom is 0.491 e. The Morgan fingerprint density at radius 2 is 1.52 bits per heavy atom. The van der Waals surface area contributed by atoms with Crippen molar-refractivity contribution in [2.24, 2.45) is 5.41 Å². The van der Waals surface area contributed by atoms with Crippen LogP contribution < -0.4 is 0 Å². The molecule has 1 aliphatic rings. The molecular weight excluding hydrogens is 332 g/mol. The summed E-state index contributed by atoms with van der Waals surface area (Å²) in [5.74, 6) is -5.77. The van der Waals surface area contributed by atoms with Crippen molar-refractivity contribution in [3.05, 3.63) is 11.5 Å². The third kappa shape index (κ3) is 4.61. The largest absolute Gasteiger partial charge is 0.491 e. The first-order chi connectivity index (χ1) is 10.2. The van der Waals surface area contributed by atoms with E-state index < -0.39 is 41.1 Å². The van der Waals surface area contributed by atoms with Crippen molar-refractivity contribution < 1.29 is 40.7 Å². The van der Waals surface area contributed by atoms with Crippen LogP contribution in [-0.4, -0.2) is 35.7 Å². The first-order valence-corrected chi connectivity index (χ1v) is 6.57. The highest BCUT2D eigenvalue weighted by Gasteiger charge is 2.49. The highest BCUT2D eigenvalue weighted by atomic mass is 19.4. The van der Waals surface area contributed by atoms with Gasteiger partial charge in [0.25, 0.3) is 0 Å². The lowest BCUT2D eigenvalue weighted by atomic mass is 9.94. The van der Waals surface area contributed by atoms with E-state index in [0.717, 1.165) is 4.90 Å². The van der Waals surface area contributed by atoms with Crippen LogP contribution in [0.2, 0.25) is 0 Å². The van der Waals surface area contributed by atoms with Crippen LogP contribution in [0.3, 0.4) is 0 Å². The number of nitrogens with zero attached hydrogens (tertiary/aromatic N) is 1. The molecule has 0 bridgehead atoms. The summed E-state index contributed by atoms with van der Waals surface area (Å²) >= 11 is 0. The zero-order valence-corrected chi connectivity index (χ0v) is 12.6. The summed E-state index contributed by atoms with van der Waals surface area (Å²) < 4.78 is 79.1. The monoisotopic (exact) mass is 347 g/mol. The van der Waals surface area contributed by atoms with Crippen molar-refractivity contribution in [3.63, 3.8) is 0 Å². The number of amides is 1. The minimum atomic E-state index is -5.57. The van der Waals surface area contributed by atoms with Gasteiger partial charge in [-0.05, 0) is 12.8 Å². The molecule has 10 heteroatoms. The molecule has 132 valence electrons. The molecular formula is C13H15F6NO3. The normalized spacial score (nSPS) is 18.9. The maximum atomic E-state index is 13.0. The zero-order chi connectivity index (χ0) is 18.2. The van der Waals surface area contributed by atoms with Gasteiger partial charge in [-0.15, -0.1) is 0 Å². The Morgan fingerprint density at radius 3 is 1.91 bits per heavy atom. The summed E-state index contributed by atoms with van der Waals surface area (Å²) in [6.07, 6.45) is -11.1. The van der Waals surface area contributed by atoms with E-state index >= 15 is 0 Å². The van der Waals surface area contributed by atoms with Crippen molar-refractivity contribution in [1.82, 2.24) is 4.90 Å². The SMILES string of the molecule is CC(C)(C)C(=O)N1CCC/C1=C(\OC(=O)C(F)(F)F)C(F)(F)F. The van der Waals surface area contributed by atoms with Crippen LogP contribution in [0.25, 0.3) is 0 Å². The second-order valence-electron chi connectivity index (χ2n) is 5.97. The third-order valence-electron chi connectivity index (χ3n) is 2.95. The summed E-state index contributed by atoms with van der Waals surface area (Å²) in [6.45, 7) is 4.29. The fourth-order valence-corrected chi connectivity index (χ4v) is 1.97. The Bertz CT molecular complexity index is 527. The zero-order valence-electron chi connectivity index (χ0n) is 12.6. The minimum Gasteiger partial charge on any atom is -0.413 e. The molecule has 0 atom stereocenters. The molecule has 1 rings (SSSR count). The molecule has 0 unspecified atom stereocenters. The molecule has 0 saturated carbocycles. The Morgan fingerprint density at radius 1 is 1.00 bits per heavy atom. The fourth-order valence-electron chi connectivity index (χ4n) is 1.97. The van der Waals surface area contributed by atoms with Gasteiger partial charge in [0.1, 0.15) is 0 Å². The number of allylic oxidation sites excluding steroid dienone is 2. The smallest absolute Gasteiger partial charge is 0.413 e. The van der Waals surface area contributed by atoms with E-state index in [1.807, 2.05) is 0 Å². The molecule has 0 radical (unpaired) electrons. The maximum absolute atomic E-state index is 13.0.